The second-order valence-electron chi connectivity index (χ2n) is 4.04. The smallest absolute Gasteiger partial charge is 0.161 e. The van der Waals surface area contributed by atoms with Crippen molar-refractivity contribution < 1.29 is 4.43 Å². The highest BCUT2D eigenvalue weighted by molar-refractivity contribution is 6.27. The molecule has 2 heteroatoms. The van der Waals surface area contributed by atoms with Crippen LogP contribution in [0.5, 0.6) is 0 Å². The zero-order valence-electron chi connectivity index (χ0n) is 9.64. The fourth-order valence-electron chi connectivity index (χ4n) is 1.38. The van der Waals surface area contributed by atoms with E-state index in [0.717, 1.165) is 0 Å². The number of hydrogen-bond acceptors (Lipinski definition) is 1. The van der Waals surface area contributed by atoms with Gasteiger partial charge in [0.15, 0.2) is 9.76 Å². The second kappa shape index (κ2) is 10.3. The third kappa shape index (κ3) is 12.2. The van der Waals surface area contributed by atoms with E-state index in [-0.39, 0.29) is 9.76 Å². The van der Waals surface area contributed by atoms with Crippen molar-refractivity contribution in [3.63, 3.8) is 0 Å². The Kier molecular flexibility index (Phi) is 10.4. The standard InChI is InChI=1S/C11H26OSi/c1-4-5-6-7-8-9-10-13-12-11(2)3/h11H,4-10,13H2,1-3H3. The predicted molar refractivity (Wildman–Crippen MR) is 62.9 cm³/mol. The molecule has 0 rings (SSSR count). The molecule has 0 N–H and O–H groups in total. The molecule has 0 radical (unpaired) electrons. The van der Waals surface area contributed by atoms with E-state index in [9.17, 15) is 0 Å². The molecular formula is C11H26OSi. The molecule has 0 heterocycles. The van der Waals surface area contributed by atoms with Crippen molar-refractivity contribution in [1.82, 2.24) is 0 Å². The molecule has 0 atom stereocenters. The highest BCUT2D eigenvalue weighted by Crippen LogP contribution is 2.07. The van der Waals surface area contributed by atoms with E-state index < -0.39 is 0 Å². The van der Waals surface area contributed by atoms with Crippen molar-refractivity contribution in [1.29, 1.82) is 0 Å². The van der Waals surface area contributed by atoms with Crippen LogP contribution in [0.25, 0.3) is 0 Å². The summed E-state index contributed by atoms with van der Waals surface area (Å²) in [6, 6.07) is 1.38. The van der Waals surface area contributed by atoms with Gasteiger partial charge in [0.2, 0.25) is 0 Å². The Labute approximate surface area is 86.2 Å². The SMILES string of the molecule is CCCCCCCC[SiH2]OC(C)C. The number of hydrogen-bond donors (Lipinski definition) is 0. The van der Waals surface area contributed by atoms with Gasteiger partial charge in [-0.2, -0.15) is 0 Å². The van der Waals surface area contributed by atoms with Gasteiger partial charge in [0.1, 0.15) is 0 Å². The molecule has 1 nitrogen and oxygen atoms in total. The van der Waals surface area contributed by atoms with Crippen LogP contribution in [0.4, 0.5) is 0 Å². The van der Waals surface area contributed by atoms with E-state index in [1.807, 2.05) is 0 Å². The fourth-order valence-corrected chi connectivity index (χ4v) is 2.57. The third-order valence-electron chi connectivity index (χ3n) is 2.20. The van der Waals surface area contributed by atoms with E-state index >= 15 is 0 Å². The van der Waals surface area contributed by atoms with Gasteiger partial charge >= 0.3 is 0 Å². The normalized spacial score (nSPS) is 12.0. The van der Waals surface area contributed by atoms with Crippen LogP contribution in [0.3, 0.4) is 0 Å². The van der Waals surface area contributed by atoms with Gasteiger partial charge in [-0.3, -0.25) is 0 Å². The lowest BCUT2D eigenvalue weighted by atomic mass is 10.1. The van der Waals surface area contributed by atoms with Gasteiger partial charge in [0.25, 0.3) is 0 Å². The van der Waals surface area contributed by atoms with E-state index in [4.69, 9.17) is 4.43 Å². The maximum Gasteiger partial charge on any atom is 0.161 e. The molecule has 0 fully saturated rings. The molecule has 0 bridgehead atoms. The van der Waals surface area contributed by atoms with E-state index in [1.54, 1.807) is 0 Å². The average Bonchev–Trinajstić information content (AvgIpc) is 2.09. The van der Waals surface area contributed by atoms with Gasteiger partial charge in [-0.05, 0) is 19.9 Å². The Morgan fingerprint density at radius 1 is 1.00 bits per heavy atom. The molecule has 13 heavy (non-hydrogen) atoms. The van der Waals surface area contributed by atoms with E-state index in [0.29, 0.717) is 6.10 Å². The highest BCUT2D eigenvalue weighted by Gasteiger charge is 1.94. The highest BCUT2D eigenvalue weighted by atomic mass is 28.2. The summed E-state index contributed by atoms with van der Waals surface area (Å²) in [5.74, 6) is 0. The lowest BCUT2D eigenvalue weighted by molar-refractivity contribution is 0.254. The van der Waals surface area contributed by atoms with Crippen LogP contribution in [0.1, 0.15) is 59.3 Å². The molecule has 0 unspecified atom stereocenters. The summed E-state index contributed by atoms with van der Waals surface area (Å²) in [5.41, 5.74) is 0. The summed E-state index contributed by atoms with van der Waals surface area (Å²) in [5, 5.41) is 0. The van der Waals surface area contributed by atoms with Crippen LogP contribution in [-0.4, -0.2) is 15.9 Å². The van der Waals surface area contributed by atoms with Gasteiger partial charge < -0.3 is 4.43 Å². The van der Waals surface area contributed by atoms with Crippen LogP contribution in [-0.2, 0) is 4.43 Å². The monoisotopic (exact) mass is 202 g/mol. The van der Waals surface area contributed by atoms with Crippen LogP contribution in [0.2, 0.25) is 6.04 Å². The van der Waals surface area contributed by atoms with Gasteiger partial charge in [0, 0.05) is 6.10 Å². The molecule has 0 saturated heterocycles. The van der Waals surface area contributed by atoms with Crippen LogP contribution in [0.15, 0.2) is 0 Å². The summed E-state index contributed by atoms with van der Waals surface area (Å²) in [6.45, 7) is 6.53. The Balaban J connectivity index is 2.84. The second-order valence-corrected chi connectivity index (χ2v) is 5.49. The number of unbranched alkanes of at least 4 members (excludes halogenated alkanes) is 5. The molecule has 0 aliphatic carbocycles. The van der Waals surface area contributed by atoms with Gasteiger partial charge in [-0.25, -0.2) is 0 Å². The molecule has 0 aromatic carbocycles. The Bertz CT molecular complexity index is 94.1. The third-order valence-corrected chi connectivity index (χ3v) is 3.89. The molecule has 0 saturated carbocycles. The van der Waals surface area contributed by atoms with Crippen LogP contribution in [0, 0.1) is 0 Å². The molecule has 80 valence electrons. The Morgan fingerprint density at radius 3 is 2.23 bits per heavy atom. The largest absolute Gasteiger partial charge is 0.422 e. The van der Waals surface area contributed by atoms with Crippen LogP contribution >= 0.6 is 0 Å². The fraction of sp³-hybridized carbons (Fsp3) is 1.00. The topological polar surface area (TPSA) is 9.23 Å². The summed E-state index contributed by atoms with van der Waals surface area (Å²) in [6.07, 6.45) is 8.93. The molecular weight excluding hydrogens is 176 g/mol. The minimum atomic E-state index is -0.176. The molecule has 0 aromatic rings. The quantitative estimate of drug-likeness (QED) is 0.412. The zero-order valence-corrected chi connectivity index (χ0v) is 11.1. The maximum absolute atomic E-state index is 5.61. The Morgan fingerprint density at radius 2 is 1.62 bits per heavy atom. The van der Waals surface area contributed by atoms with Gasteiger partial charge in [-0.15, -0.1) is 0 Å². The van der Waals surface area contributed by atoms with E-state index in [1.165, 1.54) is 44.6 Å². The molecule has 0 aromatic heterocycles. The van der Waals surface area contributed by atoms with E-state index in [2.05, 4.69) is 20.8 Å². The molecule has 0 spiro atoms. The van der Waals surface area contributed by atoms with Gasteiger partial charge in [-0.1, -0.05) is 45.4 Å². The maximum atomic E-state index is 5.61. The average molecular weight is 202 g/mol. The lowest BCUT2D eigenvalue weighted by Gasteiger charge is -2.06. The van der Waals surface area contributed by atoms with Crippen molar-refractivity contribution in [2.24, 2.45) is 0 Å². The van der Waals surface area contributed by atoms with Crippen molar-refractivity contribution in [3.8, 4) is 0 Å². The summed E-state index contributed by atoms with van der Waals surface area (Å²) in [7, 11) is -0.176. The summed E-state index contributed by atoms with van der Waals surface area (Å²) in [4.78, 5) is 0. The first-order chi connectivity index (χ1) is 6.27. The first-order valence-corrected chi connectivity index (χ1v) is 7.46. The minimum Gasteiger partial charge on any atom is -0.422 e. The lowest BCUT2D eigenvalue weighted by Crippen LogP contribution is -2.06. The predicted octanol–water partition coefficient (Wildman–Crippen LogP) is 3.27. The van der Waals surface area contributed by atoms with Crippen molar-refractivity contribution >= 4 is 9.76 Å². The first kappa shape index (κ1) is 13.2. The number of rotatable bonds is 9. The van der Waals surface area contributed by atoms with Crippen molar-refractivity contribution in [2.45, 2.75) is 71.4 Å². The van der Waals surface area contributed by atoms with Gasteiger partial charge in [0.05, 0.1) is 0 Å². The summed E-state index contributed by atoms with van der Waals surface area (Å²) < 4.78 is 5.61. The molecule has 0 aliphatic heterocycles. The zero-order chi connectivity index (χ0) is 9.94. The minimum absolute atomic E-state index is 0.176. The molecule has 0 amide bonds. The van der Waals surface area contributed by atoms with Crippen molar-refractivity contribution in [3.05, 3.63) is 0 Å². The molecule has 0 aliphatic rings. The summed E-state index contributed by atoms with van der Waals surface area (Å²) >= 11 is 0. The van der Waals surface area contributed by atoms with Crippen LogP contribution < -0.4 is 0 Å². The first-order valence-electron chi connectivity index (χ1n) is 5.89. The Hall–Kier alpha value is 0.177. The van der Waals surface area contributed by atoms with Crippen molar-refractivity contribution in [2.75, 3.05) is 0 Å².